The number of hydrogen-bond acceptors (Lipinski definition) is 8. The van der Waals surface area contributed by atoms with Gasteiger partial charge in [0.15, 0.2) is 6.10 Å². The molecular weight excluding hydrogens is 466 g/mol. The van der Waals surface area contributed by atoms with Crippen molar-refractivity contribution < 1.29 is 27.6 Å². The summed E-state index contributed by atoms with van der Waals surface area (Å²) in [5.41, 5.74) is 0.895. The molecule has 11 heteroatoms. The van der Waals surface area contributed by atoms with Crippen molar-refractivity contribution in [1.29, 1.82) is 0 Å². The number of aliphatic hydroxyl groups is 1. The number of ether oxygens (including phenoxy) is 2. The van der Waals surface area contributed by atoms with Crippen LogP contribution in [0, 0.1) is 11.6 Å². The number of nitrogens with zero attached hydrogens (tertiary/aromatic N) is 3. The Morgan fingerprint density at radius 1 is 1.15 bits per heavy atom. The summed E-state index contributed by atoms with van der Waals surface area (Å²) in [4.78, 5) is 8.29. The molecule has 2 aliphatic heterocycles. The average molecular weight is 493 g/mol. The van der Waals surface area contributed by atoms with Crippen LogP contribution < -0.4 is 10.1 Å². The van der Waals surface area contributed by atoms with Crippen LogP contribution >= 0.6 is 0 Å². The molecule has 2 aliphatic rings. The third kappa shape index (κ3) is 4.96. The zero-order chi connectivity index (χ0) is 23.0. The third-order valence-electron chi connectivity index (χ3n) is 5.60. The summed E-state index contributed by atoms with van der Waals surface area (Å²) in [6, 6.07) is 6.63. The van der Waals surface area contributed by atoms with E-state index in [1.54, 1.807) is 6.07 Å². The molecule has 2 fully saturated rings. The highest BCUT2D eigenvalue weighted by atomic mass is 32.2. The van der Waals surface area contributed by atoms with Crippen molar-refractivity contribution in [3.63, 3.8) is 0 Å². The maximum Gasteiger partial charge on any atom is 0.150 e. The fraction of sp³-hybridized carbons (Fsp3) is 0.391. The summed E-state index contributed by atoms with van der Waals surface area (Å²) in [5, 5.41) is 13.0. The highest BCUT2D eigenvalue weighted by molar-refractivity contribution is 7.93. The molecule has 0 radical (unpaired) electrons. The SMILES string of the molecule is C.O=S1(=Nc2cc(F)c3c(Nc4ccc(F)cc4O[C@@H]4COC[C@@H]4O)ncnc3c2)CCCC1. The van der Waals surface area contributed by atoms with Crippen LogP contribution in [0.4, 0.5) is 26.0 Å². The first-order valence-corrected chi connectivity index (χ1v) is 12.4. The summed E-state index contributed by atoms with van der Waals surface area (Å²) in [5.74, 6) is 0.138. The fourth-order valence-corrected chi connectivity index (χ4v) is 6.13. The van der Waals surface area contributed by atoms with E-state index in [2.05, 4.69) is 19.6 Å². The summed E-state index contributed by atoms with van der Waals surface area (Å²) in [6.45, 7) is 0.294. The number of rotatable bonds is 5. The van der Waals surface area contributed by atoms with Crippen LogP contribution in [0.25, 0.3) is 10.9 Å². The molecule has 34 heavy (non-hydrogen) atoms. The summed E-state index contributed by atoms with van der Waals surface area (Å²) >= 11 is 0. The average Bonchev–Trinajstić information content (AvgIpc) is 3.38. The molecule has 0 spiro atoms. The number of hydrogen-bond donors (Lipinski definition) is 2. The van der Waals surface area contributed by atoms with Crippen LogP contribution in [-0.4, -0.2) is 56.2 Å². The highest BCUT2D eigenvalue weighted by Crippen LogP contribution is 2.34. The molecule has 0 unspecified atom stereocenters. The lowest BCUT2D eigenvalue weighted by Gasteiger charge is -2.19. The van der Waals surface area contributed by atoms with Gasteiger partial charge in [-0.25, -0.2) is 23.0 Å². The van der Waals surface area contributed by atoms with Gasteiger partial charge in [-0.3, -0.25) is 0 Å². The van der Waals surface area contributed by atoms with E-state index < -0.39 is 33.6 Å². The molecule has 2 atom stereocenters. The molecule has 1 aromatic heterocycles. The lowest BCUT2D eigenvalue weighted by molar-refractivity contribution is 0.0736. The van der Waals surface area contributed by atoms with E-state index in [4.69, 9.17) is 9.47 Å². The van der Waals surface area contributed by atoms with Gasteiger partial charge in [-0.1, -0.05) is 7.43 Å². The van der Waals surface area contributed by atoms with Crippen molar-refractivity contribution >= 4 is 37.8 Å². The van der Waals surface area contributed by atoms with Gasteiger partial charge in [-0.15, -0.1) is 0 Å². The Balaban J connectivity index is 0.00000274. The van der Waals surface area contributed by atoms with Gasteiger partial charge in [0.05, 0.1) is 45.2 Å². The van der Waals surface area contributed by atoms with E-state index in [-0.39, 0.29) is 48.8 Å². The van der Waals surface area contributed by atoms with Crippen LogP contribution in [0.15, 0.2) is 41.0 Å². The Morgan fingerprint density at radius 2 is 1.94 bits per heavy atom. The van der Waals surface area contributed by atoms with Crippen LogP contribution in [0.1, 0.15) is 20.3 Å². The van der Waals surface area contributed by atoms with Crippen molar-refractivity contribution in [2.24, 2.45) is 4.36 Å². The van der Waals surface area contributed by atoms with E-state index in [0.29, 0.717) is 17.2 Å². The molecule has 3 heterocycles. The Bertz CT molecular complexity index is 1320. The highest BCUT2D eigenvalue weighted by Gasteiger charge is 2.29. The lowest BCUT2D eigenvalue weighted by atomic mass is 10.2. The minimum Gasteiger partial charge on any atom is -0.483 e. The first-order valence-electron chi connectivity index (χ1n) is 10.6. The first kappa shape index (κ1) is 24.2. The van der Waals surface area contributed by atoms with Gasteiger partial charge in [-0.2, -0.15) is 4.36 Å². The van der Waals surface area contributed by atoms with Crippen LogP contribution in [0.5, 0.6) is 5.75 Å². The summed E-state index contributed by atoms with van der Waals surface area (Å²) in [6.07, 6.45) is 1.46. The van der Waals surface area contributed by atoms with Crippen LogP contribution in [0.3, 0.4) is 0 Å². The molecule has 0 bridgehead atoms. The molecule has 2 aromatic carbocycles. The largest absolute Gasteiger partial charge is 0.483 e. The Kier molecular flexibility index (Phi) is 6.96. The number of nitrogens with one attached hydrogen (secondary N) is 1. The van der Waals surface area contributed by atoms with Crippen molar-refractivity contribution in [2.75, 3.05) is 30.0 Å². The Labute approximate surface area is 196 Å². The van der Waals surface area contributed by atoms with E-state index >= 15 is 4.39 Å². The Morgan fingerprint density at radius 3 is 2.68 bits per heavy atom. The predicted molar refractivity (Wildman–Crippen MR) is 126 cm³/mol. The second-order valence-corrected chi connectivity index (χ2v) is 10.6. The smallest absolute Gasteiger partial charge is 0.150 e. The predicted octanol–water partition coefficient (Wildman–Crippen LogP) is 4.32. The maximum atomic E-state index is 15.1. The summed E-state index contributed by atoms with van der Waals surface area (Å²) in [7, 11) is -2.36. The van der Waals surface area contributed by atoms with E-state index in [9.17, 15) is 13.7 Å². The molecule has 2 saturated heterocycles. The molecule has 0 aliphatic carbocycles. The normalized spacial score (nSPS) is 21.3. The number of aliphatic hydroxyl groups excluding tert-OH is 1. The molecule has 0 amide bonds. The topological polar surface area (TPSA) is 106 Å². The zero-order valence-corrected chi connectivity index (χ0v) is 18.4. The van der Waals surface area contributed by atoms with Gasteiger partial charge < -0.3 is 19.9 Å². The minimum atomic E-state index is -2.36. The number of fused-ring (bicyclic) bond motifs is 1. The first-order chi connectivity index (χ1) is 15.9. The molecule has 5 rings (SSSR count). The van der Waals surface area contributed by atoms with Crippen molar-refractivity contribution in [1.82, 2.24) is 9.97 Å². The fourth-order valence-electron chi connectivity index (χ4n) is 3.94. The van der Waals surface area contributed by atoms with E-state index in [1.807, 2.05) is 0 Å². The van der Waals surface area contributed by atoms with Crippen molar-refractivity contribution in [3.8, 4) is 5.75 Å². The Hall–Kier alpha value is -2.89. The lowest BCUT2D eigenvalue weighted by Crippen LogP contribution is -2.30. The third-order valence-corrected chi connectivity index (χ3v) is 7.99. The standard InChI is InChI=1S/C22H22F2N4O4S.CH4/c23-13-3-4-16(19(7-13)32-20-11-31-10-18(20)29)27-22-21-15(24)8-14(9-17(21)25-12-26-22)28-33(30)5-1-2-6-33;/h3-4,7-9,12,18,20,29H,1-2,5-6,10-11H2,(H,25,26,27);1H4/t18-,20+;/m0./s1. The molecule has 182 valence electrons. The number of aromatic nitrogens is 2. The monoisotopic (exact) mass is 492 g/mol. The summed E-state index contributed by atoms with van der Waals surface area (Å²) < 4.78 is 57.0. The molecule has 3 aromatic rings. The van der Waals surface area contributed by atoms with Crippen LogP contribution in [0.2, 0.25) is 0 Å². The van der Waals surface area contributed by atoms with Gasteiger partial charge in [0.25, 0.3) is 0 Å². The molecular formula is C23H26F2N4O4S. The van der Waals surface area contributed by atoms with E-state index in [0.717, 1.165) is 12.8 Å². The second kappa shape index (κ2) is 9.77. The van der Waals surface area contributed by atoms with Gasteiger partial charge in [0.1, 0.15) is 35.6 Å². The van der Waals surface area contributed by atoms with Crippen LogP contribution in [-0.2, 0) is 14.5 Å². The number of benzene rings is 2. The number of anilines is 2. The zero-order valence-electron chi connectivity index (χ0n) is 17.5. The van der Waals surface area contributed by atoms with E-state index in [1.165, 1.54) is 30.6 Å². The molecule has 8 nitrogen and oxygen atoms in total. The second-order valence-electron chi connectivity index (χ2n) is 8.05. The quantitative estimate of drug-likeness (QED) is 0.546. The maximum absolute atomic E-state index is 15.1. The molecule has 2 N–H and O–H groups in total. The van der Waals surface area contributed by atoms with Crippen molar-refractivity contribution in [2.45, 2.75) is 32.5 Å². The van der Waals surface area contributed by atoms with Crippen molar-refractivity contribution in [3.05, 3.63) is 48.3 Å². The van der Waals surface area contributed by atoms with Gasteiger partial charge in [-0.05, 0) is 31.0 Å². The van der Waals surface area contributed by atoms with Gasteiger partial charge in [0.2, 0.25) is 0 Å². The molecule has 0 saturated carbocycles. The van der Waals surface area contributed by atoms with Gasteiger partial charge in [0, 0.05) is 23.6 Å². The van der Waals surface area contributed by atoms with Gasteiger partial charge >= 0.3 is 0 Å². The minimum absolute atomic E-state index is 0. The number of halogens is 2.